The van der Waals surface area contributed by atoms with E-state index in [4.69, 9.17) is 11.6 Å². The molecule has 5 heteroatoms. The van der Waals surface area contributed by atoms with E-state index in [1.54, 1.807) is 6.07 Å². The van der Waals surface area contributed by atoms with Gasteiger partial charge in [0, 0.05) is 13.1 Å². The van der Waals surface area contributed by atoms with Crippen molar-refractivity contribution in [3.8, 4) is 0 Å². The summed E-state index contributed by atoms with van der Waals surface area (Å²) in [6, 6.07) is 7.24. The molecule has 1 unspecified atom stereocenters. The number of nitrogens with zero attached hydrogens (tertiary/aromatic N) is 1. The molecule has 4 nitrogen and oxygen atoms in total. The number of halogens is 1. The molecule has 2 rings (SSSR count). The zero-order valence-corrected chi connectivity index (χ0v) is 11.9. The van der Waals surface area contributed by atoms with Crippen molar-refractivity contribution < 1.29 is 4.79 Å². The summed E-state index contributed by atoms with van der Waals surface area (Å²) < 4.78 is 0. The summed E-state index contributed by atoms with van der Waals surface area (Å²) in [4.78, 5) is 14.1. The third-order valence-electron chi connectivity index (χ3n) is 3.41. The SMILES string of the molecule is CNCC1CCCN(C(=O)Nc2ccccc2Cl)C1. The van der Waals surface area contributed by atoms with Gasteiger partial charge in [-0.1, -0.05) is 23.7 Å². The molecule has 104 valence electrons. The molecule has 1 aromatic rings. The number of rotatable bonds is 3. The lowest BCUT2D eigenvalue weighted by atomic mass is 9.98. The molecule has 1 saturated heterocycles. The van der Waals surface area contributed by atoms with Crippen LogP contribution in [0.15, 0.2) is 24.3 Å². The topological polar surface area (TPSA) is 44.4 Å². The highest BCUT2D eigenvalue weighted by atomic mass is 35.5. The van der Waals surface area contributed by atoms with E-state index < -0.39 is 0 Å². The van der Waals surface area contributed by atoms with Crippen molar-refractivity contribution >= 4 is 23.3 Å². The first-order valence-electron chi connectivity index (χ1n) is 6.65. The predicted octanol–water partition coefficient (Wildman–Crippen LogP) is 2.80. The lowest BCUT2D eigenvalue weighted by molar-refractivity contribution is 0.177. The summed E-state index contributed by atoms with van der Waals surface area (Å²) in [5.41, 5.74) is 0.671. The van der Waals surface area contributed by atoms with Crippen LogP contribution in [0.4, 0.5) is 10.5 Å². The largest absolute Gasteiger partial charge is 0.324 e. The molecule has 1 aromatic carbocycles. The predicted molar refractivity (Wildman–Crippen MR) is 78.7 cm³/mol. The standard InChI is InChI=1S/C14H20ClN3O/c1-16-9-11-5-4-8-18(10-11)14(19)17-13-7-3-2-6-12(13)15/h2-3,6-7,11,16H,4-5,8-10H2,1H3,(H,17,19). The molecule has 0 aromatic heterocycles. The van der Waals surface area contributed by atoms with Crippen LogP contribution in [-0.2, 0) is 0 Å². The molecule has 0 bridgehead atoms. The van der Waals surface area contributed by atoms with Gasteiger partial charge in [-0.3, -0.25) is 0 Å². The van der Waals surface area contributed by atoms with Gasteiger partial charge in [0.1, 0.15) is 0 Å². The molecule has 1 aliphatic heterocycles. The summed E-state index contributed by atoms with van der Waals surface area (Å²) in [7, 11) is 1.95. The zero-order chi connectivity index (χ0) is 13.7. The Morgan fingerprint density at radius 2 is 2.26 bits per heavy atom. The molecule has 1 fully saturated rings. The van der Waals surface area contributed by atoms with E-state index in [1.807, 2.05) is 30.1 Å². The maximum absolute atomic E-state index is 12.2. The van der Waals surface area contributed by atoms with Gasteiger partial charge in [0.05, 0.1) is 10.7 Å². The van der Waals surface area contributed by atoms with Crippen LogP contribution in [0.1, 0.15) is 12.8 Å². The van der Waals surface area contributed by atoms with Gasteiger partial charge in [0.25, 0.3) is 0 Å². The van der Waals surface area contributed by atoms with Gasteiger partial charge in [0.2, 0.25) is 0 Å². The number of anilines is 1. The first-order chi connectivity index (χ1) is 9.20. The number of likely N-dealkylation sites (tertiary alicyclic amines) is 1. The monoisotopic (exact) mass is 281 g/mol. The quantitative estimate of drug-likeness (QED) is 0.895. The van der Waals surface area contributed by atoms with Crippen LogP contribution >= 0.6 is 11.6 Å². The van der Waals surface area contributed by atoms with Crippen LogP contribution in [0.5, 0.6) is 0 Å². The average Bonchev–Trinajstić information content (AvgIpc) is 2.42. The zero-order valence-electron chi connectivity index (χ0n) is 11.2. The first-order valence-corrected chi connectivity index (χ1v) is 7.03. The molecule has 1 aliphatic rings. The number of hydrogen-bond acceptors (Lipinski definition) is 2. The fourth-order valence-electron chi connectivity index (χ4n) is 2.46. The summed E-state index contributed by atoms with van der Waals surface area (Å²) >= 11 is 6.04. The highest BCUT2D eigenvalue weighted by molar-refractivity contribution is 6.33. The second kappa shape index (κ2) is 6.78. The van der Waals surface area contributed by atoms with Crippen LogP contribution in [0.2, 0.25) is 5.02 Å². The number of carbonyl (C=O) groups is 1. The van der Waals surface area contributed by atoms with Crippen molar-refractivity contribution in [2.45, 2.75) is 12.8 Å². The lowest BCUT2D eigenvalue weighted by Gasteiger charge is -2.32. The van der Waals surface area contributed by atoms with Crippen molar-refractivity contribution in [1.82, 2.24) is 10.2 Å². The molecule has 2 amide bonds. The Hall–Kier alpha value is -1.26. The van der Waals surface area contributed by atoms with E-state index >= 15 is 0 Å². The average molecular weight is 282 g/mol. The molecule has 2 N–H and O–H groups in total. The van der Waals surface area contributed by atoms with Crippen molar-refractivity contribution in [3.63, 3.8) is 0 Å². The van der Waals surface area contributed by atoms with Crippen molar-refractivity contribution in [2.24, 2.45) is 5.92 Å². The van der Waals surface area contributed by atoms with E-state index in [-0.39, 0.29) is 6.03 Å². The fourth-order valence-corrected chi connectivity index (χ4v) is 2.64. The van der Waals surface area contributed by atoms with Crippen LogP contribution in [0.25, 0.3) is 0 Å². The number of hydrogen-bond donors (Lipinski definition) is 2. The van der Waals surface area contributed by atoms with Crippen LogP contribution in [0.3, 0.4) is 0 Å². The molecule has 0 spiro atoms. The number of benzene rings is 1. The van der Waals surface area contributed by atoms with Crippen molar-refractivity contribution in [2.75, 3.05) is 32.0 Å². The molecular formula is C14H20ClN3O. The Balaban J connectivity index is 1.94. The normalized spacial score (nSPS) is 19.3. The van der Waals surface area contributed by atoms with Gasteiger partial charge in [-0.05, 0) is 44.5 Å². The minimum atomic E-state index is -0.0612. The first kappa shape index (κ1) is 14.2. The van der Waals surface area contributed by atoms with E-state index in [0.717, 1.165) is 26.1 Å². The second-order valence-electron chi connectivity index (χ2n) is 4.92. The van der Waals surface area contributed by atoms with Crippen LogP contribution in [0, 0.1) is 5.92 Å². The van der Waals surface area contributed by atoms with Gasteiger partial charge in [0.15, 0.2) is 0 Å². The molecule has 1 atom stereocenters. The maximum atomic E-state index is 12.2. The molecule has 0 aliphatic carbocycles. The highest BCUT2D eigenvalue weighted by Crippen LogP contribution is 2.22. The third kappa shape index (κ3) is 3.85. The maximum Gasteiger partial charge on any atom is 0.321 e. The number of amides is 2. The number of nitrogens with one attached hydrogen (secondary N) is 2. The highest BCUT2D eigenvalue weighted by Gasteiger charge is 2.23. The van der Waals surface area contributed by atoms with E-state index in [0.29, 0.717) is 16.6 Å². The van der Waals surface area contributed by atoms with E-state index in [9.17, 15) is 4.79 Å². The second-order valence-corrected chi connectivity index (χ2v) is 5.33. The Bertz CT molecular complexity index is 436. The summed E-state index contributed by atoms with van der Waals surface area (Å²) in [6.07, 6.45) is 2.24. The van der Waals surface area contributed by atoms with Crippen molar-refractivity contribution in [3.05, 3.63) is 29.3 Å². The number of para-hydroxylation sites is 1. The number of piperidine rings is 1. The van der Waals surface area contributed by atoms with Gasteiger partial charge >= 0.3 is 6.03 Å². The molecule has 0 radical (unpaired) electrons. The Kier molecular flexibility index (Phi) is 5.05. The molecule has 0 saturated carbocycles. The van der Waals surface area contributed by atoms with Gasteiger partial charge in [-0.15, -0.1) is 0 Å². The molecular weight excluding hydrogens is 262 g/mol. The summed E-state index contributed by atoms with van der Waals surface area (Å²) in [6.45, 7) is 2.57. The van der Waals surface area contributed by atoms with Gasteiger partial charge in [-0.25, -0.2) is 4.79 Å². The lowest BCUT2D eigenvalue weighted by Crippen LogP contribution is -2.44. The third-order valence-corrected chi connectivity index (χ3v) is 3.74. The van der Waals surface area contributed by atoms with Crippen LogP contribution < -0.4 is 10.6 Å². The number of urea groups is 1. The molecule has 19 heavy (non-hydrogen) atoms. The summed E-state index contributed by atoms with van der Waals surface area (Å²) in [5, 5.41) is 6.62. The van der Waals surface area contributed by atoms with Gasteiger partial charge < -0.3 is 15.5 Å². The Labute approximate surface area is 119 Å². The van der Waals surface area contributed by atoms with E-state index in [1.165, 1.54) is 6.42 Å². The Morgan fingerprint density at radius 3 is 3.00 bits per heavy atom. The Morgan fingerprint density at radius 1 is 1.47 bits per heavy atom. The number of carbonyl (C=O) groups excluding carboxylic acids is 1. The summed E-state index contributed by atoms with van der Waals surface area (Å²) in [5.74, 6) is 0.538. The van der Waals surface area contributed by atoms with E-state index in [2.05, 4.69) is 10.6 Å². The van der Waals surface area contributed by atoms with Crippen LogP contribution in [-0.4, -0.2) is 37.6 Å². The smallest absolute Gasteiger partial charge is 0.321 e. The minimum absolute atomic E-state index is 0.0612. The van der Waals surface area contributed by atoms with Crippen molar-refractivity contribution in [1.29, 1.82) is 0 Å². The molecule has 1 heterocycles. The minimum Gasteiger partial charge on any atom is -0.324 e. The van der Waals surface area contributed by atoms with Gasteiger partial charge in [-0.2, -0.15) is 0 Å². The fraction of sp³-hybridized carbons (Fsp3) is 0.500.